The summed E-state index contributed by atoms with van der Waals surface area (Å²) in [6, 6.07) is 6.04. The number of nitrogens with zero attached hydrogens (tertiary/aromatic N) is 3. The average molecular weight is 590 g/mol. The Hall–Kier alpha value is -3.14. The number of nitrogens with one attached hydrogen (secondary N) is 2. The molecule has 1 saturated heterocycles. The Morgan fingerprint density at radius 3 is 2.72 bits per heavy atom. The van der Waals surface area contributed by atoms with Crippen LogP contribution in [0.2, 0.25) is 5.02 Å². The van der Waals surface area contributed by atoms with Gasteiger partial charge in [0, 0.05) is 48.4 Å². The number of piperazine rings is 1. The van der Waals surface area contributed by atoms with Gasteiger partial charge in [0.05, 0.1) is 18.8 Å². The fourth-order valence-corrected chi connectivity index (χ4v) is 6.39. The summed E-state index contributed by atoms with van der Waals surface area (Å²) in [5.41, 5.74) is -1.29. The number of aromatic nitrogens is 2. The van der Waals surface area contributed by atoms with Crippen molar-refractivity contribution in [2.45, 2.75) is 43.2 Å². The highest BCUT2D eigenvalue weighted by Crippen LogP contribution is 2.35. The quantitative estimate of drug-likeness (QED) is 0.433. The molecule has 1 aromatic carbocycles. The first-order valence-electron chi connectivity index (χ1n) is 11.9. The van der Waals surface area contributed by atoms with E-state index in [0.717, 1.165) is 9.21 Å². The Morgan fingerprint density at radius 2 is 2.03 bits per heavy atom. The summed E-state index contributed by atoms with van der Waals surface area (Å²) in [6.07, 6.45) is -5.26. The molecule has 1 unspecified atom stereocenters. The van der Waals surface area contributed by atoms with Crippen LogP contribution in [0, 0.1) is 0 Å². The smallest absolute Gasteiger partial charge is 0.436 e. The van der Waals surface area contributed by atoms with E-state index in [1.807, 2.05) is 0 Å². The molecule has 0 aliphatic carbocycles. The number of H-pyrrole nitrogens is 1. The van der Waals surface area contributed by atoms with E-state index in [4.69, 9.17) is 20.8 Å². The molecule has 16 heteroatoms. The average Bonchev–Trinajstić information content (AvgIpc) is 3.52. The standard InChI is InChI=1S/C23H23ClF3N5O6S/c1-2-22(38-21(34)23(25,26)27)12-31(39(35,36)18-10-13-9-14(24)3-4-15(13)29-18)7-8-32(22)20(33)19-30-16-5-6-28-11-17(16)37-19/h3-4,9-10,28-29H,2,5-8,11-12H2,1H3. The number of rotatable bonds is 5. The summed E-state index contributed by atoms with van der Waals surface area (Å²) in [5.74, 6) is -3.44. The van der Waals surface area contributed by atoms with Crippen molar-refractivity contribution in [3.63, 3.8) is 0 Å². The van der Waals surface area contributed by atoms with Crippen LogP contribution in [-0.2, 0) is 32.5 Å². The number of alkyl halides is 3. The van der Waals surface area contributed by atoms with E-state index in [0.29, 0.717) is 46.9 Å². The van der Waals surface area contributed by atoms with Crippen molar-refractivity contribution in [1.82, 2.24) is 24.5 Å². The van der Waals surface area contributed by atoms with Gasteiger partial charge in [0.25, 0.3) is 15.9 Å². The summed E-state index contributed by atoms with van der Waals surface area (Å²) in [6.45, 7) is 0.865. The Morgan fingerprint density at radius 1 is 1.26 bits per heavy atom. The van der Waals surface area contributed by atoms with E-state index in [1.54, 1.807) is 18.2 Å². The van der Waals surface area contributed by atoms with Crippen molar-refractivity contribution in [3.05, 3.63) is 46.6 Å². The Bertz CT molecular complexity index is 1530. The van der Waals surface area contributed by atoms with Gasteiger partial charge in [-0.15, -0.1) is 0 Å². The lowest BCUT2D eigenvalue weighted by Crippen LogP contribution is -2.66. The number of oxazole rings is 1. The van der Waals surface area contributed by atoms with Crippen LogP contribution in [-0.4, -0.2) is 77.5 Å². The van der Waals surface area contributed by atoms with Crippen LogP contribution in [0.4, 0.5) is 13.2 Å². The van der Waals surface area contributed by atoms with Crippen molar-refractivity contribution < 1.29 is 40.3 Å². The zero-order valence-corrected chi connectivity index (χ0v) is 22.0. The summed E-state index contributed by atoms with van der Waals surface area (Å²) in [4.78, 5) is 33.4. The monoisotopic (exact) mass is 589 g/mol. The molecule has 0 spiro atoms. The van der Waals surface area contributed by atoms with Crippen molar-refractivity contribution in [1.29, 1.82) is 0 Å². The maximum Gasteiger partial charge on any atom is 0.491 e. The number of carbonyl (C=O) groups is 2. The number of hydrogen-bond donors (Lipinski definition) is 2. The zero-order valence-electron chi connectivity index (χ0n) is 20.5. The van der Waals surface area contributed by atoms with E-state index in [1.165, 1.54) is 13.0 Å². The first-order valence-corrected chi connectivity index (χ1v) is 13.8. The summed E-state index contributed by atoms with van der Waals surface area (Å²) in [5, 5.41) is 3.70. The number of carbonyl (C=O) groups excluding carboxylic acids is 2. The first-order chi connectivity index (χ1) is 18.3. The highest BCUT2D eigenvalue weighted by Gasteiger charge is 2.54. The molecular formula is C23H23ClF3N5O6S. The van der Waals surface area contributed by atoms with Gasteiger partial charge in [-0.25, -0.2) is 18.2 Å². The molecule has 3 aromatic rings. The molecule has 2 N–H and O–H groups in total. The summed E-state index contributed by atoms with van der Waals surface area (Å²) in [7, 11) is -4.33. The van der Waals surface area contributed by atoms with Crippen molar-refractivity contribution in [2.75, 3.05) is 26.2 Å². The fraction of sp³-hybridized carbons (Fsp3) is 0.435. The summed E-state index contributed by atoms with van der Waals surface area (Å²) >= 11 is 5.99. The maximum absolute atomic E-state index is 13.6. The van der Waals surface area contributed by atoms with Crippen molar-refractivity contribution >= 4 is 44.4 Å². The van der Waals surface area contributed by atoms with Gasteiger partial charge in [-0.05, 0) is 24.3 Å². The van der Waals surface area contributed by atoms with Crippen LogP contribution in [0.25, 0.3) is 10.9 Å². The third-order valence-corrected chi connectivity index (χ3v) is 8.76. The van der Waals surface area contributed by atoms with Crippen LogP contribution in [0.5, 0.6) is 0 Å². The SMILES string of the molecule is CCC1(OC(=O)C(F)(F)F)CN(S(=O)(=O)c2cc3cc(Cl)ccc3[nH]2)CCN1C(=O)c1nc2c(o1)CNCC2. The van der Waals surface area contributed by atoms with Gasteiger partial charge in [-0.3, -0.25) is 9.69 Å². The van der Waals surface area contributed by atoms with Gasteiger partial charge >= 0.3 is 18.1 Å². The number of ether oxygens (including phenoxy) is 1. The molecule has 11 nitrogen and oxygen atoms in total. The van der Waals surface area contributed by atoms with Gasteiger partial charge in [0.15, 0.2) is 0 Å². The molecule has 1 amide bonds. The molecule has 4 heterocycles. The van der Waals surface area contributed by atoms with Gasteiger partial charge in [0.2, 0.25) is 5.72 Å². The molecule has 39 heavy (non-hydrogen) atoms. The fourth-order valence-electron chi connectivity index (χ4n) is 4.73. The molecule has 2 aliphatic rings. The van der Waals surface area contributed by atoms with Gasteiger partial charge < -0.3 is 19.5 Å². The lowest BCUT2D eigenvalue weighted by atomic mass is 10.1. The van der Waals surface area contributed by atoms with Crippen LogP contribution in [0.3, 0.4) is 0 Å². The number of sulfonamides is 1. The van der Waals surface area contributed by atoms with Crippen LogP contribution in [0.1, 0.15) is 35.5 Å². The highest BCUT2D eigenvalue weighted by atomic mass is 35.5. The van der Waals surface area contributed by atoms with Gasteiger partial charge in [-0.1, -0.05) is 18.5 Å². The van der Waals surface area contributed by atoms with Gasteiger partial charge in [0.1, 0.15) is 10.8 Å². The van der Waals surface area contributed by atoms with E-state index in [-0.39, 0.29) is 23.9 Å². The maximum atomic E-state index is 13.6. The van der Waals surface area contributed by atoms with Crippen molar-refractivity contribution in [2.24, 2.45) is 0 Å². The predicted molar refractivity (Wildman–Crippen MR) is 130 cm³/mol. The number of amides is 1. The van der Waals surface area contributed by atoms with Crippen LogP contribution < -0.4 is 5.32 Å². The Kier molecular flexibility index (Phi) is 6.89. The molecule has 0 radical (unpaired) electrons. The van der Waals surface area contributed by atoms with E-state index in [9.17, 15) is 31.2 Å². The normalized spacial score (nSPS) is 20.7. The van der Waals surface area contributed by atoms with E-state index in [2.05, 4.69) is 15.3 Å². The second kappa shape index (κ2) is 9.80. The topological polar surface area (TPSA) is 138 Å². The number of benzene rings is 1. The van der Waals surface area contributed by atoms with E-state index >= 15 is 0 Å². The molecule has 1 fully saturated rings. The minimum Gasteiger partial charge on any atom is -0.436 e. The summed E-state index contributed by atoms with van der Waals surface area (Å²) < 4.78 is 78.4. The predicted octanol–water partition coefficient (Wildman–Crippen LogP) is 2.81. The molecule has 0 bridgehead atoms. The Labute approximate surface area is 225 Å². The number of aromatic amines is 1. The second-order valence-electron chi connectivity index (χ2n) is 9.16. The Balaban J connectivity index is 1.51. The number of fused-ring (bicyclic) bond motifs is 2. The first kappa shape index (κ1) is 27.4. The number of hydrogen-bond acceptors (Lipinski definition) is 8. The molecule has 2 aromatic heterocycles. The molecule has 0 saturated carbocycles. The number of halogens is 4. The highest BCUT2D eigenvalue weighted by molar-refractivity contribution is 7.89. The van der Waals surface area contributed by atoms with Crippen LogP contribution in [0.15, 0.2) is 33.7 Å². The third kappa shape index (κ3) is 4.99. The number of esters is 1. The molecular weight excluding hydrogens is 567 g/mol. The third-order valence-electron chi connectivity index (χ3n) is 6.76. The minimum atomic E-state index is -5.39. The molecule has 2 aliphatic heterocycles. The van der Waals surface area contributed by atoms with E-state index < -0.39 is 46.9 Å². The molecule has 5 rings (SSSR count). The molecule has 210 valence electrons. The minimum absolute atomic E-state index is 0.237. The lowest BCUT2D eigenvalue weighted by Gasteiger charge is -2.48. The van der Waals surface area contributed by atoms with Crippen molar-refractivity contribution in [3.8, 4) is 0 Å². The van der Waals surface area contributed by atoms with Gasteiger partial charge in [-0.2, -0.15) is 17.5 Å². The lowest BCUT2D eigenvalue weighted by molar-refractivity contribution is -0.232. The second-order valence-corrected chi connectivity index (χ2v) is 11.5. The molecule has 1 atom stereocenters. The zero-order chi connectivity index (χ0) is 28.2. The largest absolute Gasteiger partial charge is 0.491 e. The van der Waals surface area contributed by atoms with Crippen LogP contribution >= 0.6 is 11.6 Å².